The van der Waals surface area contributed by atoms with Gasteiger partial charge in [0.15, 0.2) is 0 Å². The van der Waals surface area contributed by atoms with Crippen molar-refractivity contribution in [2.75, 3.05) is 11.9 Å². The molecule has 0 atom stereocenters. The third kappa shape index (κ3) is 4.80. The summed E-state index contributed by atoms with van der Waals surface area (Å²) >= 11 is 1.42. The van der Waals surface area contributed by atoms with E-state index in [1.807, 2.05) is 6.92 Å². The van der Waals surface area contributed by atoms with Crippen molar-refractivity contribution in [3.8, 4) is 5.75 Å². The molecule has 1 aromatic carbocycles. The minimum atomic E-state index is -0.193. The van der Waals surface area contributed by atoms with Crippen molar-refractivity contribution >= 4 is 22.4 Å². The lowest BCUT2D eigenvalue weighted by atomic mass is 9.93. The van der Waals surface area contributed by atoms with Crippen molar-refractivity contribution in [2.24, 2.45) is 5.41 Å². The Bertz CT molecular complexity index is 630. The Morgan fingerprint density at radius 3 is 2.50 bits per heavy atom. The van der Waals surface area contributed by atoms with Gasteiger partial charge in [-0.05, 0) is 36.6 Å². The molecule has 0 bridgehead atoms. The fourth-order valence-electron chi connectivity index (χ4n) is 1.87. The van der Waals surface area contributed by atoms with Crippen LogP contribution in [0, 0.1) is 5.41 Å². The molecule has 5 nitrogen and oxygen atoms in total. The van der Waals surface area contributed by atoms with Crippen molar-refractivity contribution in [1.29, 1.82) is 0 Å². The molecule has 0 aliphatic rings. The van der Waals surface area contributed by atoms with E-state index in [4.69, 9.17) is 4.74 Å². The highest BCUT2D eigenvalue weighted by Crippen LogP contribution is 2.25. The fourth-order valence-corrected chi connectivity index (χ4v) is 2.90. The summed E-state index contributed by atoms with van der Waals surface area (Å²) < 4.78 is 5.36. The summed E-state index contributed by atoms with van der Waals surface area (Å²) in [6, 6.07) is 7.03. The molecule has 0 fully saturated rings. The van der Waals surface area contributed by atoms with Gasteiger partial charge in [0.05, 0.1) is 6.61 Å². The summed E-state index contributed by atoms with van der Waals surface area (Å²) in [5.74, 6) is 0.559. The second-order valence-electron chi connectivity index (χ2n) is 6.15. The minimum Gasteiger partial charge on any atom is -0.494 e. The van der Waals surface area contributed by atoms with Crippen molar-refractivity contribution < 1.29 is 9.53 Å². The molecule has 0 radical (unpaired) electrons. The zero-order valence-electron chi connectivity index (χ0n) is 13.3. The molecule has 0 saturated heterocycles. The molecular formula is C16H21N3O2S. The van der Waals surface area contributed by atoms with Crippen LogP contribution in [-0.4, -0.2) is 22.7 Å². The summed E-state index contributed by atoms with van der Waals surface area (Å²) in [5.41, 5.74) is 0.714. The Balaban J connectivity index is 1.99. The first-order valence-corrected chi connectivity index (χ1v) is 8.05. The van der Waals surface area contributed by atoms with Crippen LogP contribution in [0.3, 0.4) is 0 Å². The van der Waals surface area contributed by atoms with E-state index in [-0.39, 0.29) is 11.3 Å². The maximum absolute atomic E-state index is 12.2. The highest BCUT2D eigenvalue weighted by Gasteiger charge is 2.16. The van der Waals surface area contributed by atoms with Gasteiger partial charge in [0.25, 0.3) is 5.91 Å². The molecule has 1 aromatic heterocycles. The number of ether oxygens (including phenoxy) is 1. The van der Waals surface area contributed by atoms with Gasteiger partial charge in [-0.2, -0.15) is 0 Å². The SMILES string of the molecule is CCOc1ccc(C(=O)Nc2nnc(CC(C)(C)C)s2)cc1. The molecule has 0 spiro atoms. The van der Waals surface area contributed by atoms with Crippen molar-refractivity contribution in [1.82, 2.24) is 10.2 Å². The van der Waals surface area contributed by atoms with E-state index in [2.05, 4.69) is 36.3 Å². The van der Waals surface area contributed by atoms with Gasteiger partial charge in [0, 0.05) is 12.0 Å². The van der Waals surface area contributed by atoms with Gasteiger partial charge in [-0.25, -0.2) is 0 Å². The quantitative estimate of drug-likeness (QED) is 0.911. The maximum Gasteiger partial charge on any atom is 0.257 e. The van der Waals surface area contributed by atoms with Gasteiger partial charge in [0.2, 0.25) is 5.13 Å². The number of benzene rings is 1. The number of rotatable bonds is 5. The minimum absolute atomic E-state index is 0.149. The molecule has 6 heteroatoms. The molecule has 118 valence electrons. The first-order valence-electron chi connectivity index (χ1n) is 7.24. The van der Waals surface area contributed by atoms with Crippen LogP contribution >= 0.6 is 11.3 Å². The Morgan fingerprint density at radius 1 is 1.23 bits per heavy atom. The first kappa shape index (κ1) is 16.4. The Hall–Kier alpha value is -1.95. The third-order valence-electron chi connectivity index (χ3n) is 2.80. The molecule has 2 rings (SSSR count). The van der Waals surface area contributed by atoms with Crippen molar-refractivity contribution in [2.45, 2.75) is 34.1 Å². The molecule has 1 N–H and O–H groups in total. The number of carbonyl (C=O) groups is 1. The van der Waals surface area contributed by atoms with E-state index in [1.165, 1.54) is 11.3 Å². The zero-order valence-corrected chi connectivity index (χ0v) is 14.2. The lowest BCUT2D eigenvalue weighted by Crippen LogP contribution is -2.11. The van der Waals surface area contributed by atoms with E-state index in [0.29, 0.717) is 17.3 Å². The second kappa shape index (κ2) is 6.87. The molecule has 0 aliphatic heterocycles. The summed E-state index contributed by atoms with van der Waals surface area (Å²) in [7, 11) is 0. The first-order chi connectivity index (χ1) is 10.4. The largest absolute Gasteiger partial charge is 0.494 e. The van der Waals surface area contributed by atoms with Gasteiger partial charge in [-0.15, -0.1) is 10.2 Å². The molecule has 22 heavy (non-hydrogen) atoms. The van der Waals surface area contributed by atoms with Crippen molar-refractivity contribution in [3.05, 3.63) is 34.8 Å². The van der Waals surface area contributed by atoms with Gasteiger partial charge in [-0.3, -0.25) is 10.1 Å². The fraction of sp³-hybridized carbons (Fsp3) is 0.438. The maximum atomic E-state index is 12.2. The average Bonchev–Trinajstić information content (AvgIpc) is 2.84. The molecule has 0 unspecified atom stereocenters. The molecule has 0 aliphatic carbocycles. The Kier molecular flexibility index (Phi) is 5.13. The number of carbonyl (C=O) groups excluding carboxylic acids is 1. The monoisotopic (exact) mass is 319 g/mol. The van der Waals surface area contributed by atoms with E-state index in [0.717, 1.165) is 17.2 Å². The predicted octanol–water partition coefficient (Wildman–Crippen LogP) is 3.78. The van der Waals surface area contributed by atoms with E-state index < -0.39 is 0 Å². The number of nitrogens with one attached hydrogen (secondary N) is 1. The number of amides is 1. The van der Waals surface area contributed by atoms with Crippen LogP contribution in [0.1, 0.15) is 43.1 Å². The van der Waals surface area contributed by atoms with Gasteiger partial charge < -0.3 is 4.74 Å². The van der Waals surface area contributed by atoms with Crippen LogP contribution in [0.15, 0.2) is 24.3 Å². The number of aromatic nitrogens is 2. The van der Waals surface area contributed by atoms with Gasteiger partial charge in [-0.1, -0.05) is 32.1 Å². The number of hydrogen-bond acceptors (Lipinski definition) is 5. The molecule has 2 aromatic rings. The molecule has 0 saturated carbocycles. The smallest absolute Gasteiger partial charge is 0.257 e. The van der Waals surface area contributed by atoms with E-state index in [1.54, 1.807) is 24.3 Å². The predicted molar refractivity (Wildman–Crippen MR) is 88.6 cm³/mol. The normalized spacial score (nSPS) is 11.3. The van der Waals surface area contributed by atoms with E-state index in [9.17, 15) is 4.79 Å². The summed E-state index contributed by atoms with van der Waals surface area (Å²) in [5, 5.41) is 12.4. The van der Waals surface area contributed by atoms with E-state index >= 15 is 0 Å². The standard InChI is InChI=1S/C16H21N3O2S/c1-5-21-12-8-6-11(7-9-12)14(20)17-15-19-18-13(22-15)10-16(2,3)4/h6-9H,5,10H2,1-4H3,(H,17,19,20). The highest BCUT2D eigenvalue weighted by atomic mass is 32.1. The third-order valence-corrected chi connectivity index (χ3v) is 3.64. The summed E-state index contributed by atoms with van der Waals surface area (Å²) in [4.78, 5) is 12.2. The Morgan fingerprint density at radius 2 is 1.91 bits per heavy atom. The lowest BCUT2D eigenvalue weighted by Gasteiger charge is -2.14. The summed E-state index contributed by atoms with van der Waals surface area (Å²) in [6.07, 6.45) is 0.837. The van der Waals surface area contributed by atoms with Crippen LogP contribution in [0.25, 0.3) is 0 Å². The second-order valence-corrected chi connectivity index (χ2v) is 7.21. The Labute approximate surface area is 134 Å². The number of hydrogen-bond donors (Lipinski definition) is 1. The average molecular weight is 319 g/mol. The molecule has 1 heterocycles. The molecular weight excluding hydrogens is 298 g/mol. The van der Waals surface area contributed by atoms with Crippen LogP contribution in [0.2, 0.25) is 0 Å². The number of anilines is 1. The van der Waals surface area contributed by atoms with Crippen LogP contribution < -0.4 is 10.1 Å². The topological polar surface area (TPSA) is 64.1 Å². The zero-order chi connectivity index (χ0) is 16.2. The van der Waals surface area contributed by atoms with Crippen LogP contribution in [0.5, 0.6) is 5.75 Å². The van der Waals surface area contributed by atoms with Crippen LogP contribution in [0.4, 0.5) is 5.13 Å². The highest BCUT2D eigenvalue weighted by molar-refractivity contribution is 7.15. The molecule has 1 amide bonds. The number of nitrogens with zero attached hydrogens (tertiary/aromatic N) is 2. The lowest BCUT2D eigenvalue weighted by molar-refractivity contribution is 0.102. The van der Waals surface area contributed by atoms with Gasteiger partial charge in [0.1, 0.15) is 10.8 Å². The summed E-state index contributed by atoms with van der Waals surface area (Å²) in [6.45, 7) is 8.96. The van der Waals surface area contributed by atoms with Gasteiger partial charge >= 0.3 is 0 Å². The van der Waals surface area contributed by atoms with Crippen molar-refractivity contribution in [3.63, 3.8) is 0 Å². The van der Waals surface area contributed by atoms with Crippen LogP contribution in [-0.2, 0) is 6.42 Å².